The van der Waals surface area contributed by atoms with Gasteiger partial charge in [0.05, 0.1) is 5.56 Å². The molecule has 1 fully saturated rings. The second-order valence-corrected chi connectivity index (χ2v) is 5.74. The molecule has 2 N–H and O–H groups in total. The van der Waals surface area contributed by atoms with E-state index >= 15 is 0 Å². The van der Waals surface area contributed by atoms with Crippen molar-refractivity contribution in [2.24, 2.45) is 0 Å². The number of carbonyl (C=O) groups excluding carboxylic acids is 2. The molecule has 2 rings (SSSR count). The summed E-state index contributed by atoms with van der Waals surface area (Å²) in [6.45, 7) is 0.452. The molecule has 4 nitrogen and oxygen atoms in total. The number of carbonyl (C=O) groups is 2. The molecule has 1 aromatic carbocycles. The summed E-state index contributed by atoms with van der Waals surface area (Å²) in [4.78, 5) is 23.0. The normalized spacial score (nSPS) is 18.6. The first-order chi connectivity index (χ1) is 8.56. The Hall–Kier alpha value is -0.820. The number of benzene rings is 1. The Labute approximate surface area is 124 Å². The Morgan fingerprint density at radius 2 is 2.33 bits per heavy atom. The van der Waals surface area contributed by atoms with Crippen molar-refractivity contribution in [2.75, 3.05) is 6.54 Å². The maximum absolute atomic E-state index is 12.0. The standard InChI is InChI=1S/C12H12ClIN2O2/c13-7-1-3-10(14)9(5-7)12(18)15-6-8-2-4-11(17)16-8/h1,3,5,8H,2,4,6H2,(H,15,18)(H,16,17). The maximum atomic E-state index is 12.0. The Morgan fingerprint density at radius 1 is 1.56 bits per heavy atom. The van der Waals surface area contributed by atoms with E-state index in [1.807, 2.05) is 0 Å². The van der Waals surface area contributed by atoms with Gasteiger partial charge in [-0.2, -0.15) is 0 Å². The van der Waals surface area contributed by atoms with Crippen LogP contribution in [0.15, 0.2) is 18.2 Å². The molecule has 1 atom stereocenters. The monoisotopic (exact) mass is 378 g/mol. The van der Waals surface area contributed by atoms with Gasteiger partial charge in [-0.25, -0.2) is 0 Å². The summed E-state index contributed by atoms with van der Waals surface area (Å²) in [5.41, 5.74) is 0.562. The van der Waals surface area contributed by atoms with Gasteiger partial charge < -0.3 is 10.6 Å². The summed E-state index contributed by atoms with van der Waals surface area (Å²) in [5.74, 6) is -0.116. The third-order valence-electron chi connectivity index (χ3n) is 2.77. The van der Waals surface area contributed by atoms with E-state index in [0.29, 0.717) is 23.6 Å². The summed E-state index contributed by atoms with van der Waals surface area (Å²) < 4.78 is 0.852. The van der Waals surface area contributed by atoms with Crippen LogP contribution in [0.3, 0.4) is 0 Å². The first-order valence-corrected chi connectivity index (χ1v) is 7.04. The van der Waals surface area contributed by atoms with Crippen LogP contribution < -0.4 is 10.6 Å². The van der Waals surface area contributed by atoms with Crippen LogP contribution in [0.5, 0.6) is 0 Å². The molecule has 0 radical (unpaired) electrons. The van der Waals surface area contributed by atoms with Crippen LogP contribution in [0.1, 0.15) is 23.2 Å². The molecule has 0 spiro atoms. The molecule has 1 unspecified atom stereocenters. The van der Waals surface area contributed by atoms with Crippen molar-refractivity contribution in [2.45, 2.75) is 18.9 Å². The molecule has 1 saturated heterocycles. The lowest BCUT2D eigenvalue weighted by Gasteiger charge is -2.12. The lowest BCUT2D eigenvalue weighted by atomic mass is 10.2. The van der Waals surface area contributed by atoms with E-state index in [-0.39, 0.29) is 17.9 Å². The largest absolute Gasteiger partial charge is 0.352 e. The smallest absolute Gasteiger partial charge is 0.252 e. The topological polar surface area (TPSA) is 58.2 Å². The fraction of sp³-hybridized carbons (Fsp3) is 0.333. The molecule has 1 aliphatic heterocycles. The van der Waals surface area contributed by atoms with E-state index in [2.05, 4.69) is 33.2 Å². The third kappa shape index (κ3) is 3.35. The highest BCUT2D eigenvalue weighted by Crippen LogP contribution is 2.17. The van der Waals surface area contributed by atoms with Gasteiger partial charge >= 0.3 is 0 Å². The quantitative estimate of drug-likeness (QED) is 0.790. The van der Waals surface area contributed by atoms with Gasteiger partial charge in [0, 0.05) is 27.6 Å². The lowest BCUT2D eigenvalue weighted by Crippen LogP contribution is -2.38. The van der Waals surface area contributed by atoms with E-state index in [0.717, 1.165) is 9.99 Å². The molecule has 0 saturated carbocycles. The van der Waals surface area contributed by atoms with E-state index in [1.165, 1.54) is 0 Å². The first kappa shape index (κ1) is 13.6. The lowest BCUT2D eigenvalue weighted by molar-refractivity contribution is -0.119. The molecule has 0 aliphatic carbocycles. The number of hydrogen-bond donors (Lipinski definition) is 2. The van der Waals surface area contributed by atoms with Crippen LogP contribution in [0.4, 0.5) is 0 Å². The van der Waals surface area contributed by atoms with Crippen molar-refractivity contribution in [3.05, 3.63) is 32.4 Å². The van der Waals surface area contributed by atoms with Crippen LogP contribution in [0.2, 0.25) is 5.02 Å². The Morgan fingerprint density at radius 3 is 3.00 bits per heavy atom. The predicted octanol–water partition coefficient (Wildman–Crippen LogP) is 1.95. The zero-order valence-corrected chi connectivity index (χ0v) is 12.4. The number of rotatable bonds is 3. The Balaban J connectivity index is 1.95. The van der Waals surface area contributed by atoms with Crippen molar-refractivity contribution in [3.8, 4) is 0 Å². The van der Waals surface area contributed by atoms with Gasteiger partial charge in [0.1, 0.15) is 0 Å². The molecule has 1 aromatic rings. The molecule has 1 aliphatic rings. The van der Waals surface area contributed by atoms with Crippen molar-refractivity contribution in [3.63, 3.8) is 0 Å². The highest BCUT2D eigenvalue weighted by atomic mass is 127. The van der Waals surface area contributed by atoms with Crippen LogP contribution in [0, 0.1) is 3.57 Å². The second kappa shape index (κ2) is 5.88. The number of hydrogen-bond acceptors (Lipinski definition) is 2. The van der Waals surface area contributed by atoms with Crippen molar-refractivity contribution >= 4 is 46.0 Å². The van der Waals surface area contributed by atoms with Gasteiger partial charge in [-0.15, -0.1) is 0 Å². The zero-order chi connectivity index (χ0) is 13.1. The minimum atomic E-state index is -0.164. The van der Waals surface area contributed by atoms with Crippen LogP contribution in [-0.4, -0.2) is 24.4 Å². The molecule has 0 bridgehead atoms. The van der Waals surface area contributed by atoms with E-state index in [4.69, 9.17) is 11.6 Å². The van der Waals surface area contributed by atoms with Gasteiger partial charge in [-0.05, 0) is 47.2 Å². The minimum absolute atomic E-state index is 0.0401. The first-order valence-electron chi connectivity index (χ1n) is 5.59. The fourth-order valence-corrected chi connectivity index (χ4v) is 2.57. The summed E-state index contributed by atoms with van der Waals surface area (Å²) in [5, 5.41) is 6.15. The second-order valence-electron chi connectivity index (χ2n) is 4.14. The summed E-state index contributed by atoms with van der Waals surface area (Å²) in [7, 11) is 0. The molecule has 1 heterocycles. The molecule has 6 heteroatoms. The average molecular weight is 379 g/mol. The molecular weight excluding hydrogens is 367 g/mol. The van der Waals surface area contributed by atoms with Crippen LogP contribution in [-0.2, 0) is 4.79 Å². The predicted molar refractivity (Wildman–Crippen MR) is 77.7 cm³/mol. The summed E-state index contributed by atoms with van der Waals surface area (Å²) >= 11 is 7.96. The fourth-order valence-electron chi connectivity index (χ4n) is 1.81. The van der Waals surface area contributed by atoms with Crippen LogP contribution >= 0.6 is 34.2 Å². The Kier molecular flexibility index (Phi) is 4.45. The molecule has 96 valence electrons. The number of amides is 2. The van der Waals surface area contributed by atoms with E-state index < -0.39 is 0 Å². The van der Waals surface area contributed by atoms with Crippen molar-refractivity contribution in [1.82, 2.24) is 10.6 Å². The Bertz CT molecular complexity index is 493. The van der Waals surface area contributed by atoms with Gasteiger partial charge in [0.25, 0.3) is 5.91 Å². The summed E-state index contributed by atoms with van der Waals surface area (Å²) in [6.07, 6.45) is 1.31. The highest BCUT2D eigenvalue weighted by molar-refractivity contribution is 14.1. The minimum Gasteiger partial charge on any atom is -0.352 e. The summed E-state index contributed by atoms with van der Waals surface area (Å²) in [6, 6.07) is 5.23. The van der Waals surface area contributed by atoms with Gasteiger partial charge in [-0.1, -0.05) is 11.6 Å². The average Bonchev–Trinajstić information content (AvgIpc) is 2.75. The maximum Gasteiger partial charge on any atom is 0.252 e. The third-order valence-corrected chi connectivity index (χ3v) is 3.94. The van der Waals surface area contributed by atoms with E-state index in [1.54, 1.807) is 18.2 Å². The molecule has 0 aromatic heterocycles. The SMILES string of the molecule is O=C1CCC(CNC(=O)c2cc(Cl)ccc2I)N1. The van der Waals surface area contributed by atoms with Gasteiger partial charge in [0.15, 0.2) is 0 Å². The van der Waals surface area contributed by atoms with E-state index in [9.17, 15) is 9.59 Å². The van der Waals surface area contributed by atoms with Gasteiger partial charge in [-0.3, -0.25) is 9.59 Å². The van der Waals surface area contributed by atoms with Gasteiger partial charge in [0.2, 0.25) is 5.91 Å². The molecular formula is C12H12ClIN2O2. The molecule has 2 amide bonds. The zero-order valence-electron chi connectivity index (χ0n) is 9.50. The highest BCUT2D eigenvalue weighted by Gasteiger charge is 2.21. The molecule has 18 heavy (non-hydrogen) atoms. The number of halogens is 2. The number of nitrogens with one attached hydrogen (secondary N) is 2. The van der Waals surface area contributed by atoms with Crippen molar-refractivity contribution in [1.29, 1.82) is 0 Å². The van der Waals surface area contributed by atoms with Crippen molar-refractivity contribution < 1.29 is 9.59 Å². The van der Waals surface area contributed by atoms with Crippen LogP contribution in [0.25, 0.3) is 0 Å².